The number of benzene rings is 8. The van der Waals surface area contributed by atoms with E-state index in [1.807, 2.05) is 0 Å². The molecule has 8 aromatic carbocycles. The van der Waals surface area contributed by atoms with E-state index in [2.05, 4.69) is 190 Å². The van der Waals surface area contributed by atoms with Gasteiger partial charge >= 0.3 is 0 Å². The molecule has 4 heterocycles. The first-order valence-electron chi connectivity index (χ1n) is 17.8. The minimum absolute atomic E-state index is 0.888. The molecule has 4 nitrogen and oxygen atoms in total. The van der Waals surface area contributed by atoms with E-state index in [9.17, 15) is 0 Å². The number of rotatable bonds is 3. The van der Waals surface area contributed by atoms with E-state index in [1.165, 1.54) is 48.9 Å². The Bertz CT molecular complexity index is 3390. The number of hydrogen-bond donors (Lipinski definition) is 0. The van der Waals surface area contributed by atoms with Gasteiger partial charge in [-0.05, 0) is 60.7 Å². The lowest BCUT2D eigenvalue weighted by molar-refractivity contribution is 0.671. The Morgan fingerprint density at radius 1 is 0.308 bits per heavy atom. The molecule has 0 N–H and O–H groups in total. The highest BCUT2D eigenvalue weighted by molar-refractivity contribution is 6.39. The SMILES string of the molecule is c1ccc(-n2c3ccccc3c3ccc(-n4c5ccccc5c5c4c4oc6ccccc6c4c4c6ccccc6n(-c6ccccc6)c45)cc32)cc1. The summed E-state index contributed by atoms with van der Waals surface area (Å²) in [5.41, 5.74) is 12.1. The summed E-state index contributed by atoms with van der Waals surface area (Å²) < 4.78 is 14.3. The van der Waals surface area contributed by atoms with Crippen LogP contribution in [0.4, 0.5) is 0 Å². The zero-order valence-corrected chi connectivity index (χ0v) is 28.0. The molecular weight excluding hydrogens is 635 g/mol. The third-order valence-electron chi connectivity index (χ3n) is 11.0. The van der Waals surface area contributed by atoms with Crippen LogP contribution in [0.5, 0.6) is 0 Å². The van der Waals surface area contributed by atoms with E-state index < -0.39 is 0 Å². The smallest absolute Gasteiger partial charge is 0.160 e. The molecular formula is C48H29N3O. The van der Waals surface area contributed by atoms with E-state index in [-0.39, 0.29) is 0 Å². The molecule has 0 spiro atoms. The van der Waals surface area contributed by atoms with Crippen molar-refractivity contribution in [1.29, 1.82) is 0 Å². The van der Waals surface area contributed by atoms with Crippen LogP contribution < -0.4 is 0 Å². The minimum Gasteiger partial charge on any atom is -0.454 e. The second-order valence-electron chi connectivity index (χ2n) is 13.7. The van der Waals surface area contributed by atoms with Gasteiger partial charge in [-0.1, -0.05) is 115 Å². The second kappa shape index (κ2) is 10.3. The Balaban J connectivity index is 1.33. The third-order valence-corrected chi connectivity index (χ3v) is 11.0. The van der Waals surface area contributed by atoms with Gasteiger partial charge in [0.25, 0.3) is 0 Å². The van der Waals surface area contributed by atoms with Crippen molar-refractivity contribution in [3.05, 3.63) is 176 Å². The molecule has 0 amide bonds. The van der Waals surface area contributed by atoms with Gasteiger partial charge in [0.2, 0.25) is 0 Å². The Hall–Kier alpha value is -7.04. The van der Waals surface area contributed by atoms with Gasteiger partial charge in [-0.25, -0.2) is 0 Å². The van der Waals surface area contributed by atoms with Gasteiger partial charge in [-0.2, -0.15) is 0 Å². The summed E-state index contributed by atoms with van der Waals surface area (Å²) >= 11 is 0. The third kappa shape index (κ3) is 3.55. The summed E-state index contributed by atoms with van der Waals surface area (Å²) in [4.78, 5) is 0. The molecule has 4 heteroatoms. The molecule has 0 fully saturated rings. The number of nitrogens with zero attached hydrogens (tertiary/aromatic N) is 3. The fourth-order valence-corrected chi connectivity index (χ4v) is 8.95. The predicted octanol–water partition coefficient (Wildman–Crippen LogP) is 12.9. The van der Waals surface area contributed by atoms with Crippen LogP contribution in [0.2, 0.25) is 0 Å². The Kier molecular flexibility index (Phi) is 5.47. The topological polar surface area (TPSA) is 27.9 Å². The largest absolute Gasteiger partial charge is 0.454 e. The summed E-state index contributed by atoms with van der Waals surface area (Å²) in [6.45, 7) is 0. The molecule has 4 aromatic heterocycles. The Labute approximate surface area is 297 Å². The van der Waals surface area contributed by atoms with Crippen molar-refractivity contribution in [3.63, 3.8) is 0 Å². The van der Waals surface area contributed by atoms with Crippen LogP contribution >= 0.6 is 0 Å². The monoisotopic (exact) mass is 663 g/mol. The first-order valence-corrected chi connectivity index (χ1v) is 17.8. The summed E-state index contributed by atoms with van der Waals surface area (Å²) in [5, 5.41) is 9.53. The Morgan fingerprint density at radius 3 is 1.50 bits per heavy atom. The first kappa shape index (κ1) is 27.7. The van der Waals surface area contributed by atoms with Crippen molar-refractivity contribution >= 4 is 87.4 Å². The zero-order valence-electron chi connectivity index (χ0n) is 28.0. The van der Waals surface area contributed by atoms with Crippen LogP contribution in [0.15, 0.2) is 180 Å². The van der Waals surface area contributed by atoms with Gasteiger partial charge in [0.15, 0.2) is 5.58 Å². The molecule has 0 bridgehead atoms. The van der Waals surface area contributed by atoms with E-state index in [1.54, 1.807) is 0 Å². The Morgan fingerprint density at radius 2 is 0.808 bits per heavy atom. The molecule has 52 heavy (non-hydrogen) atoms. The zero-order chi connectivity index (χ0) is 33.9. The van der Waals surface area contributed by atoms with Gasteiger partial charge in [0, 0.05) is 60.2 Å². The molecule has 242 valence electrons. The highest BCUT2D eigenvalue weighted by Crippen LogP contribution is 2.49. The van der Waals surface area contributed by atoms with E-state index in [0.29, 0.717) is 0 Å². The number of fused-ring (bicyclic) bond motifs is 15. The lowest BCUT2D eigenvalue weighted by Crippen LogP contribution is -1.97. The first-order chi connectivity index (χ1) is 25.8. The highest BCUT2D eigenvalue weighted by atomic mass is 16.3. The van der Waals surface area contributed by atoms with Crippen LogP contribution in [-0.2, 0) is 0 Å². The molecule has 12 rings (SSSR count). The molecule has 0 saturated carbocycles. The van der Waals surface area contributed by atoms with Crippen molar-refractivity contribution in [2.75, 3.05) is 0 Å². The maximum Gasteiger partial charge on any atom is 0.160 e. The van der Waals surface area contributed by atoms with E-state index in [0.717, 1.165) is 55.6 Å². The predicted molar refractivity (Wildman–Crippen MR) is 217 cm³/mol. The number of para-hydroxylation sites is 6. The van der Waals surface area contributed by atoms with Gasteiger partial charge in [-0.15, -0.1) is 0 Å². The number of hydrogen-bond acceptors (Lipinski definition) is 1. The molecule has 0 unspecified atom stereocenters. The molecule has 0 saturated heterocycles. The van der Waals surface area contributed by atoms with Crippen LogP contribution in [0, 0.1) is 0 Å². The summed E-state index contributed by atoms with van der Waals surface area (Å²) in [6, 6.07) is 63.2. The maximum atomic E-state index is 7.02. The molecule has 0 aliphatic rings. The normalized spacial score (nSPS) is 12.2. The molecule has 0 radical (unpaired) electrons. The van der Waals surface area contributed by atoms with Gasteiger partial charge in [0.1, 0.15) is 5.58 Å². The van der Waals surface area contributed by atoms with Crippen LogP contribution in [-0.4, -0.2) is 13.7 Å². The molecule has 12 aromatic rings. The van der Waals surface area contributed by atoms with Crippen molar-refractivity contribution in [3.8, 4) is 17.1 Å². The molecule has 0 aliphatic carbocycles. The highest BCUT2D eigenvalue weighted by Gasteiger charge is 2.28. The lowest BCUT2D eigenvalue weighted by Gasteiger charge is -2.12. The van der Waals surface area contributed by atoms with Gasteiger partial charge < -0.3 is 18.1 Å². The van der Waals surface area contributed by atoms with Gasteiger partial charge in [0.05, 0.1) is 33.1 Å². The molecule has 0 atom stereocenters. The van der Waals surface area contributed by atoms with Crippen molar-refractivity contribution in [2.45, 2.75) is 0 Å². The summed E-state index contributed by atoms with van der Waals surface area (Å²) in [7, 11) is 0. The fraction of sp³-hybridized carbons (Fsp3) is 0. The van der Waals surface area contributed by atoms with Gasteiger partial charge in [-0.3, -0.25) is 0 Å². The summed E-state index contributed by atoms with van der Waals surface area (Å²) in [5.74, 6) is 0. The maximum absolute atomic E-state index is 7.02. The number of aromatic nitrogens is 3. The minimum atomic E-state index is 0.888. The fourth-order valence-electron chi connectivity index (χ4n) is 8.95. The van der Waals surface area contributed by atoms with Crippen LogP contribution in [0.3, 0.4) is 0 Å². The average Bonchev–Trinajstić information content (AvgIpc) is 3.95. The lowest BCUT2D eigenvalue weighted by atomic mass is 10.0. The summed E-state index contributed by atoms with van der Waals surface area (Å²) in [6.07, 6.45) is 0. The molecule has 0 aliphatic heterocycles. The van der Waals surface area contributed by atoms with Crippen molar-refractivity contribution in [2.24, 2.45) is 0 Å². The second-order valence-corrected chi connectivity index (χ2v) is 13.7. The van der Waals surface area contributed by atoms with E-state index >= 15 is 0 Å². The van der Waals surface area contributed by atoms with Crippen molar-refractivity contribution < 1.29 is 4.42 Å². The van der Waals surface area contributed by atoms with Crippen LogP contribution in [0.1, 0.15) is 0 Å². The number of furan rings is 1. The van der Waals surface area contributed by atoms with Crippen LogP contribution in [0.25, 0.3) is 104 Å². The van der Waals surface area contributed by atoms with Crippen molar-refractivity contribution in [1.82, 2.24) is 13.7 Å². The standard InChI is InChI=1S/C48H29N3O/c1-3-15-30(16-4-1)49-38-23-11-7-19-33(38)34-28-27-32(29-41(34)49)51-40-25-13-9-21-36(40)45-46-43(44-37-22-10-14-26-42(37)52-48(44)47(45)51)35-20-8-12-24-39(35)50(46)31-17-5-2-6-18-31/h1-29H. The van der Waals surface area contributed by atoms with E-state index in [4.69, 9.17) is 4.42 Å². The average molecular weight is 664 g/mol. The quantitative estimate of drug-likeness (QED) is 0.185.